The van der Waals surface area contributed by atoms with Gasteiger partial charge in [0, 0.05) is 12.8 Å². The van der Waals surface area contributed by atoms with E-state index in [-0.39, 0.29) is 12.2 Å². The molecule has 0 aromatic rings. The van der Waals surface area contributed by atoms with Crippen LogP contribution in [0.25, 0.3) is 0 Å². The molecule has 0 unspecified atom stereocenters. The van der Waals surface area contributed by atoms with Gasteiger partial charge in [0.05, 0.1) is 0 Å². The van der Waals surface area contributed by atoms with E-state index in [2.05, 4.69) is 0 Å². The van der Waals surface area contributed by atoms with Gasteiger partial charge < -0.3 is 0 Å². The second-order valence-corrected chi connectivity index (χ2v) is 2.79. The number of halogens is 1. The summed E-state index contributed by atoms with van der Waals surface area (Å²) in [5.74, 6) is -0.0116. The lowest BCUT2D eigenvalue weighted by Gasteiger charge is -2.10. The first-order chi connectivity index (χ1) is 3.95. The molecule has 0 saturated heterocycles. The van der Waals surface area contributed by atoms with Gasteiger partial charge in [-0.2, -0.15) is 0 Å². The van der Waals surface area contributed by atoms with Gasteiger partial charge in [0.2, 0.25) is 0 Å². The highest BCUT2D eigenvalue weighted by molar-refractivity contribution is 5.78. The maximum Gasteiger partial charge on any atom is 0.135 e. The average Bonchev–Trinajstić information content (AvgIpc) is 1.62. The van der Waals surface area contributed by atoms with Crippen molar-refractivity contribution >= 4 is 5.78 Å². The quantitative estimate of drug-likeness (QED) is 0.574. The number of hydrogen-bond acceptors (Lipinski definition) is 1. The third-order valence-electron chi connectivity index (χ3n) is 1.01. The molecule has 0 rings (SSSR count). The fourth-order valence-electron chi connectivity index (χ4n) is 0.594. The second kappa shape index (κ2) is 2.95. The fraction of sp³-hybridized carbons (Fsp3) is 0.857. The molecule has 0 radical (unpaired) electrons. The lowest BCUT2D eigenvalue weighted by Crippen LogP contribution is -2.17. The molecule has 1 nitrogen and oxygen atoms in total. The summed E-state index contributed by atoms with van der Waals surface area (Å²) in [7, 11) is 0. The molecule has 0 aromatic carbocycles. The molecule has 54 valence electrons. The highest BCUT2D eigenvalue weighted by atomic mass is 19.1. The Balaban J connectivity index is 3.60. The highest BCUT2D eigenvalue weighted by Crippen LogP contribution is 2.14. The minimum absolute atomic E-state index is 0.0116. The predicted molar refractivity (Wildman–Crippen MR) is 35.1 cm³/mol. The summed E-state index contributed by atoms with van der Waals surface area (Å²) in [5, 5.41) is 0. The lowest BCUT2D eigenvalue weighted by atomic mass is 10.0. The average molecular weight is 132 g/mol. The first-order valence-corrected chi connectivity index (χ1v) is 3.16. The van der Waals surface area contributed by atoms with Crippen molar-refractivity contribution in [1.82, 2.24) is 0 Å². The molecule has 0 heterocycles. The van der Waals surface area contributed by atoms with E-state index in [1.54, 1.807) is 6.92 Å². The van der Waals surface area contributed by atoms with Crippen molar-refractivity contribution in [3.63, 3.8) is 0 Å². The maximum atomic E-state index is 12.6. The highest BCUT2D eigenvalue weighted by Gasteiger charge is 2.18. The number of ketones is 1. The van der Waals surface area contributed by atoms with Crippen molar-refractivity contribution < 1.29 is 9.18 Å². The number of carbonyl (C=O) groups is 1. The van der Waals surface area contributed by atoms with E-state index in [0.717, 1.165) is 0 Å². The number of Topliss-reactive ketones (excluding diaryl/α,β-unsaturated/α-hetero) is 1. The molecule has 2 heteroatoms. The Morgan fingerprint density at radius 1 is 1.56 bits per heavy atom. The van der Waals surface area contributed by atoms with Gasteiger partial charge in [0.15, 0.2) is 0 Å². The maximum absolute atomic E-state index is 12.6. The van der Waals surface area contributed by atoms with Gasteiger partial charge in [0.25, 0.3) is 0 Å². The Hall–Kier alpha value is -0.400. The molecule has 0 aliphatic heterocycles. The van der Waals surface area contributed by atoms with Gasteiger partial charge in [-0.3, -0.25) is 4.79 Å². The Kier molecular flexibility index (Phi) is 2.82. The number of alkyl halides is 1. The van der Waals surface area contributed by atoms with Crippen LogP contribution in [0, 0.1) is 0 Å². The van der Waals surface area contributed by atoms with Crippen LogP contribution in [0.5, 0.6) is 0 Å². The molecule has 9 heavy (non-hydrogen) atoms. The van der Waals surface area contributed by atoms with E-state index in [9.17, 15) is 9.18 Å². The van der Waals surface area contributed by atoms with E-state index in [1.165, 1.54) is 13.8 Å². The van der Waals surface area contributed by atoms with Gasteiger partial charge in [-0.05, 0) is 13.8 Å². The monoisotopic (exact) mass is 132 g/mol. The van der Waals surface area contributed by atoms with E-state index >= 15 is 0 Å². The molecule has 0 saturated carbocycles. The van der Waals surface area contributed by atoms with Crippen LogP contribution in [0.1, 0.15) is 33.6 Å². The molecule has 0 amide bonds. The van der Waals surface area contributed by atoms with Gasteiger partial charge in [-0.25, -0.2) is 4.39 Å². The van der Waals surface area contributed by atoms with Gasteiger partial charge in [-0.1, -0.05) is 6.92 Å². The minimum atomic E-state index is -1.33. The molecule has 0 aliphatic carbocycles. The van der Waals surface area contributed by atoms with Gasteiger partial charge in [-0.15, -0.1) is 0 Å². The zero-order valence-electron chi connectivity index (χ0n) is 6.20. The van der Waals surface area contributed by atoms with Crippen LogP contribution in [-0.2, 0) is 4.79 Å². The van der Waals surface area contributed by atoms with Crippen molar-refractivity contribution in [2.45, 2.75) is 39.3 Å². The number of carbonyl (C=O) groups excluding carboxylic acids is 1. The molecule has 0 N–H and O–H groups in total. The van der Waals surface area contributed by atoms with Gasteiger partial charge >= 0.3 is 0 Å². The smallest absolute Gasteiger partial charge is 0.135 e. The minimum Gasteiger partial charge on any atom is -0.300 e. The van der Waals surface area contributed by atoms with Crippen molar-refractivity contribution in [3.05, 3.63) is 0 Å². The summed E-state index contributed by atoms with van der Waals surface area (Å²) in [6.45, 7) is 4.58. The molecule has 0 spiro atoms. The van der Waals surface area contributed by atoms with E-state index in [4.69, 9.17) is 0 Å². The van der Waals surface area contributed by atoms with Gasteiger partial charge in [0.1, 0.15) is 11.5 Å². The lowest BCUT2D eigenvalue weighted by molar-refractivity contribution is -0.120. The van der Waals surface area contributed by atoms with Crippen LogP contribution in [0.3, 0.4) is 0 Å². The number of rotatable bonds is 3. The molecular formula is C7H13FO. The molecule has 0 aliphatic rings. The second-order valence-electron chi connectivity index (χ2n) is 2.79. The van der Waals surface area contributed by atoms with Crippen LogP contribution in [0.4, 0.5) is 4.39 Å². The van der Waals surface area contributed by atoms with Crippen LogP contribution in [0.2, 0.25) is 0 Å². The first kappa shape index (κ1) is 8.60. The summed E-state index contributed by atoms with van der Waals surface area (Å²) >= 11 is 0. The fourth-order valence-corrected chi connectivity index (χ4v) is 0.594. The zero-order valence-corrected chi connectivity index (χ0v) is 6.20. The third kappa shape index (κ3) is 5.47. The SMILES string of the molecule is CCC(=O)CC(C)(C)F. The first-order valence-electron chi connectivity index (χ1n) is 3.16. The topological polar surface area (TPSA) is 17.1 Å². The molecule has 0 atom stereocenters. The molecule has 0 bridgehead atoms. The third-order valence-corrected chi connectivity index (χ3v) is 1.01. The van der Waals surface area contributed by atoms with Crippen molar-refractivity contribution in [3.8, 4) is 0 Å². The standard InChI is InChI=1S/C7H13FO/c1-4-6(9)5-7(2,3)8/h4-5H2,1-3H3. The Labute approximate surface area is 55.3 Å². The summed E-state index contributed by atoms with van der Waals surface area (Å²) in [6.07, 6.45) is 0.483. The Bertz CT molecular complexity index is 102. The summed E-state index contributed by atoms with van der Waals surface area (Å²) in [6, 6.07) is 0. The van der Waals surface area contributed by atoms with Crippen LogP contribution < -0.4 is 0 Å². The van der Waals surface area contributed by atoms with Crippen LogP contribution in [-0.4, -0.2) is 11.5 Å². The summed E-state index contributed by atoms with van der Waals surface area (Å²) in [5.41, 5.74) is -1.33. The van der Waals surface area contributed by atoms with Crippen molar-refractivity contribution in [1.29, 1.82) is 0 Å². The van der Waals surface area contributed by atoms with Crippen LogP contribution >= 0.6 is 0 Å². The van der Waals surface area contributed by atoms with E-state index in [0.29, 0.717) is 6.42 Å². The number of hydrogen-bond donors (Lipinski definition) is 0. The van der Waals surface area contributed by atoms with Crippen LogP contribution in [0.15, 0.2) is 0 Å². The Morgan fingerprint density at radius 2 is 2.00 bits per heavy atom. The molecule has 0 fully saturated rings. The van der Waals surface area contributed by atoms with Crippen molar-refractivity contribution in [2.75, 3.05) is 0 Å². The van der Waals surface area contributed by atoms with E-state index < -0.39 is 5.67 Å². The predicted octanol–water partition coefficient (Wildman–Crippen LogP) is 2.10. The van der Waals surface area contributed by atoms with Crippen molar-refractivity contribution in [2.24, 2.45) is 0 Å². The Morgan fingerprint density at radius 3 is 2.11 bits per heavy atom. The summed E-state index contributed by atoms with van der Waals surface area (Å²) in [4.78, 5) is 10.6. The zero-order chi connectivity index (χ0) is 7.49. The molecule has 0 aromatic heterocycles. The van der Waals surface area contributed by atoms with E-state index in [1.807, 2.05) is 0 Å². The molecular weight excluding hydrogens is 119 g/mol. The normalized spacial score (nSPS) is 11.6. The largest absolute Gasteiger partial charge is 0.300 e. The summed E-state index contributed by atoms with van der Waals surface area (Å²) < 4.78 is 12.6.